The highest BCUT2D eigenvalue weighted by atomic mass is 14.5. The summed E-state index contributed by atoms with van der Waals surface area (Å²) < 4.78 is 0. The molecule has 0 saturated heterocycles. The van der Waals surface area contributed by atoms with Crippen molar-refractivity contribution in [3.05, 3.63) is 59.2 Å². The number of rotatable bonds is 10. The number of hydrogen-bond acceptors (Lipinski definition) is 0. The van der Waals surface area contributed by atoms with Crippen LogP contribution in [-0.4, -0.2) is 0 Å². The third-order valence-electron chi connectivity index (χ3n) is 6.40. The van der Waals surface area contributed by atoms with Crippen molar-refractivity contribution in [2.24, 2.45) is 0 Å². The average Bonchev–Trinajstić information content (AvgIpc) is 2.95. The third kappa shape index (κ3) is 3.61. The molecule has 0 saturated carbocycles. The van der Waals surface area contributed by atoms with Gasteiger partial charge in [0.05, 0.1) is 0 Å². The lowest BCUT2D eigenvalue weighted by Crippen LogP contribution is -2.26. The van der Waals surface area contributed by atoms with Crippen LogP contribution in [0.25, 0.3) is 11.1 Å². The lowest BCUT2D eigenvalue weighted by Gasteiger charge is -2.34. The van der Waals surface area contributed by atoms with E-state index < -0.39 is 0 Å². The van der Waals surface area contributed by atoms with Crippen LogP contribution in [0.3, 0.4) is 0 Å². The Morgan fingerprint density at radius 1 is 0.654 bits per heavy atom. The van der Waals surface area contributed by atoms with Gasteiger partial charge < -0.3 is 0 Å². The smallest absolute Gasteiger partial charge is 0.0217 e. The molecule has 0 heteroatoms. The van der Waals surface area contributed by atoms with Gasteiger partial charge in [0.1, 0.15) is 0 Å². The van der Waals surface area contributed by atoms with Crippen LogP contribution in [0.4, 0.5) is 0 Å². The van der Waals surface area contributed by atoms with E-state index in [-0.39, 0.29) is 5.41 Å². The van der Waals surface area contributed by atoms with Crippen molar-refractivity contribution in [3.8, 4) is 11.1 Å². The highest BCUT2D eigenvalue weighted by Crippen LogP contribution is 2.55. The van der Waals surface area contributed by atoms with Crippen molar-refractivity contribution in [1.82, 2.24) is 0 Å². The van der Waals surface area contributed by atoms with Gasteiger partial charge in [0.15, 0.2) is 0 Å². The van der Waals surface area contributed by atoms with Crippen LogP contribution in [0.15, 0.2) is 42.5 Å². The van der Waals surface area contributed by atoms with E-state index in [1.165, 1.54) is 80.9 Å². The van der Waals surface area contributed by atoms with Gasteiger partial charge >= 0.3 is 0 Å². The second kappa shape index (κ2) is 8.89. The predicted molar refractivity (Wildman–Crippen MR) is 115 cm³/mol. The zero-order valence-electron chi connectivity index (χ0n) is 17.1. The third-order valence-corrected chi connectivity index (χ3v) is 6.40. The van der Waals surface area contributed by atoms with Crippen LogP contribution in [0.1, 0.15) is 94.7 Å². The first-order valence-corrected chi connectivity index (χ1v) is 10.9. The fourth-order valence-corrected chi connectivity index (χ4v) is 5.15. The first kappa shape index (κ1) is 19.2. The van der Waals surface area contributed by atoms with Gasteiger partial charge in [-0.1, -0.05) is 108 Å². The molecule has 0 amide bonds. The molecular weight excluding hydrogens is 312 g/mol. The molecule has 1 aliphatic carbocycles. The van der Waals surface area contributed by atoms with Gasteiger partial charge in [-0.3, -0.25) is 0 Å². The Balaban J connectivity index is 2.00. The number of unbranched alkanes of at least 4 members (excludes halogenated alkanes) is 6. The largest absolute Gasteiger partial charge is 0.0654 e. The molecule has 0 N–H and O–H groups in total. The molecule has 26 heavy (non-hydrogen) atoms. The Kier molecular flexibility index (Phi) is 6.57. The molecule has 0 atom stereocenters. The molecule has 0 bridgehead atoms. The summed E-state index contributed by atoms with van der Waals surface area (Å²) in [6, 6.07) is 16.2. The Morgan fingerprint density at radius 3 is 1.92 bits per heavy atom. The summed E-state index contributed by atoms with van der Waals surface area (Å²) in [5.41, 5.74) is 8.00. The molecule has 0 heterocycles. The highest BCUT2D eigenvalue weighted by molar-refractivity contribution is 5.82. The molecule has 140 valence electrons. The minimum absolute atomic E-state index is 0.249. The molecule has 2 aromatic carbocycles. The predicted octanol–water partition coefficient (Wildman–Crippen LogP) is 8.20. The van der Waals surface area contributed by atoms with Crippen LogP contribution in [0.2, 0.25) is 0 Å². The second-order valence-corrected chi connectivity index (χ2v) is 8.25. The quantitative estimate of drug-likeness (QED) is 0.379. The number of aryl methyl sites for hydroxylation is 1. The van der Waals surface area contributed by atoms with E-state index in [0.717, 1.165) is 0 Å². The average molecular weight is 349 g/mol. The van der Waals surface area contributed by atoms with Crippen LogP contribution in [-0.2, 0) is 5.41 Å². The van der Waals surface area contributed by atoms with Gasteiger partial charge in [-0.2, -0.15) is 0 Å². The molecule has 0 fully saturated rings. The molecule has 0 spiro atoms. The summed E-state index contributed by atoms with van der Waals surface area (Å²) in [5.74, 6) is 0. The molecule has 0 radical (unpaired) electrons. The highest BCUT2D eigenvalue weighted by Gasteiger charge is 2.42. The van der Waals surface area contributed by atoms with E-state index in [1.807, 2.05) is 0 Å². The molecule has 0 unspecified atom stereocenters. The summed E-state index contributed by atoms with van der Waals surface area (Å²) in [4.78, 5) is 0. The van der Waals surface area contributed by atoms with Crippen molar-refractivity contribution in [2.45, 2.75) is 90.4 Å². The minimum atomic E-state index is 0.249. The van der Waals surface area contributed by atoms with E-state index in [9.17, 15) is 0 Å². The fraction of sp³-hybridized carbons (Fsp3) is 0.538. The standard InChI is InChI=1S/C26H36/c1-4-6-8-12-19-26(20-13-9-7-5-2)24-18-11-10-16-22(24)23-17-14-15-21(3)25(23)26/h10-11,14-18H,4-9,12-13,19-20H2,1-3H3. The Hall–Kier alpha value is -1.56. The molecule has 1 aliphatic rings. The lowest BCUT2D eigenvalue weighted by atomic mass is 9.69. The molecule has 0 nitrogen and oxygen atoms in total. The van der Waals surface area contributed by atoms with Gasteiger partial charge in [-0.05, 0) is 47.6 Å². The maximum atomic E-state index is 2.43. The van der Waals surface area contributed by atoms with Crippen molar-refractivity contribution in [3.63, 3.8) is 0 Å². The lowest BCUT2D eigenvalue weighted by molar-refractivity contribution is 0.399. The number of hydrogen-bond donors (Lipinski definition) is 0. The maximum absolute atomic E-state index is 2.43. The summed E-state index contributed by atoms with van der Waals surface area (Å²) in [7, 11) is 0. The topological polar surface area (TPSA) is 0 Å². The van der Waals surface area contributed by atoms with E-state index in [1.54, 1.807) is 11.1 Å². The summed E-state index contributed by atoms with van der Waals surface area (Å²) in [6.07, 6.45) is 13.4. The Labute approximate surface area is 161 Å². The molecule has 3 rings (SSSR count). The molecule has 0 aromatic heterocycles. The van der Waals surface area contributed by atoms with Crippen molar-refractivity contribution in [2.75, 3.05) is 0 Å². The maximum Gasteiger partial charge on any atom is 0.0217 e. The van der Waals surface area contributed by atoms with E-state index >= 15 is 0 Å². The van der Waals surface area contributed by atoms with Crippen LogP contribution >= 0.6 is 0 Å². The summed E-state index contributed by atoms with van der Waals surface area (Å²) >= 11 is 0. The first-order chi connectivity index (χ1) is 12.7. The molecular formula is C26H36. The van der Waals surface area contributed by atoms with E-state index in [0.29, 0.717) is 0 Å². The first-order valence-electron chi connectivity index (χ1n) is 10.9. The zero-order chi connectivity index (χ0) is 18.4. The monoisotopic (exact) mass is 348 g/mol. The molecule has 0 aliphatic heterocycles. The number of fused-ring (bicyclic) bond motifs is 3. The van der Waals surface area contributed by atoms with Crippen molar-refractivity contribution < 1.29 is 0 Å². The SMILES string of the molecule is CCCCCCC1(CCCCCC)c2ccccc2-c2cccc(C)c21. The fourth-order valence-electron chi connectivity index (χ4n) is 5.15. The van der Waals surface area contributed by atoms with Crippen LogP contribution in [0.5, 0.6) is 0 Å². The van der Waals surface area contributed by atoms with E-state index in [2.05, 4.69) is 63.2 Å². The van der Waals surface area contributed by atoms with E-state index in [4.69, 9.17) is 0 Å². The second-order valence-electron chi connectivity index (χ2n) is 8.25. The van der Waals surface area contributed by atoms with Crippen LogP contribution < -0.4 is 0 Å². The van der Waals surface area contributed by atoms with Crippen molar-refractivity contribution >= 4 is 0 Å². The zero-order valence-corrected chi connectivity index (χ0v) is 17.1. The van der Waals surface area contributed by atoms with Crippen molar-refractivity contribution in [1.29, 1.82) is 0 Å². The normalized spacial score (nSPS) is 14.3. The molecule has 2 aromatic rings. The van der Waals surface area contributed by atoms with Gasteiger partial charge in [-0.15, -0.1) is 0 Å². The minimum Gasteiger partial charge on any atom is -0.0654 e. The van der Waals surface area contributed by atoms with Crippen LogP contribution in [0, 0.1) is 6.92 Å². The Morgan fingerprint density at radius 2 is 1.27 bits per heavy atom. The van der Waals surface area contributed by atoms with Gasteiger partial charge in [0.2, 0.25) is 0 Å². The van der Waals surface area contributed by atoms with Gasteiger partial charge in [0.25, 0.3) is 0 Å². The number of benzene rings is 2. The summed E-state index contributed by atoms with van der Waals surface area (Å²) in [6.45, 7) is 6.95. The summed E-state index contributed by atoms with van der Waals surface area (Å²) in [5, 5.41) is 0. The van der Waals surface area contributed by atoms with Gasteiger partial charge in [-0.25, -0.2) is 0 Å². The van der Waals surface area contributed by atoms with Gasteiger partial charge in [0, 0.05) is 5.41 Å². The Bertz CT molecular complexity index is 698.